The van der Waals surface area contributed by atoms with Crippen LogP contribution in [-0.2, 0) is 11.3 Å². The molecule has 15 heavy (non-hydrogen) atoms. The van der Waals surface area contributed by atoms with Gasteiger partial charge in [-0.05, 0) is 12.5 Å². The Kier molecular flexibility index (Phi) is 5.22. The van der Waals surface area contributed by atoms with Gasteiger partial charge in [0, 0.05) is 19.0 Å². The molecule has 0 amide bonds. The Morgan fingerprint density at radius 3 is 2.80 bits per heavy atom. The van der Waals surface area contributed by atoms with Crippen LogP contribution in [0.25, 0.3) is 0 Å². The number of hydrogen-bond acceptors (Lipinski definition) is 4. The molecule has 86 valence electrons. The second-order valence-electron chi connectivity index (χ2n) is 3.86. The summed E-state index contributed by atoms with van der Waals surface area (Å²) >= 11 is 1.68. The second-order valence-corrected chi connectivity index (χ2v) is 4.75. The third-order valence-electron chi connectivity index (χ3n) is 2.23. The van der Waals surface area contributed by atoms with Gasteiger partial charge in [0.2, 0.25) is 0 Å². The smallest absolute Gasteiger partial charge is 0.122 e. The number of rotatable bonds is 6. The van der Waals surface area contributed by atoms with Crippen molar-refractivity contribution in [3.05, 3.63) is 16.1 Å². The highest BCUT2D eigenvalue weighted by Crippen LogP contribution is 2.27. The lowest BCUT2D eigenvalue weighted by atomic mass is 10.1. The normalized spacial score (nSPS) is 13.4. The Bertz CT molecular complexity index is 286. The Morgan fingerprint density at radius 1 is 1.53 bits per heavy atom. The maximum Gasteiger partial charge on any atom is 0.122 e. The van der Waals surface area contributed by atoms with Crippen molar-refractivity contribution in [2.45, 2.75) is 33.4 Å². The third-order valence-corrected chi connectivity index (χ3v) is 3.18. The van der Waals surface area contributed by atoms with Gasteiger partial charge in [-0.2, -0.15) is 0 Å². The van der Waals surface area contributed by atoms with Gasteiger partial charge in [0.15, 0.2) is 0 Å². The van der Waals surface area contributed by atoms with Gasteiger partial charge < -0.3 is 10.1 Å². The van der Waals surface area contributed by atoms with Crippen molar-refractivity contribution in [3.63, 3.8) is 0 Å². The summed E-state index contributed by atoms with van der Waals surface area (Å²) in [5, 5.41) is 6.45. The molecule has 0 saturated carbocycles. The summed E-state index contributed by atoms with van der Waals surface area (Å²) in [5.41, 5.74) is 1.11. The van der Waals surface area contributed by atoms with Gasteiger partial charge in [-0.15, -0.1) is 11.3 Å². The van der Waals surface area contributed by atoms with Gasteiger partial charge in [0.25, 0.3) is 0 Å². The number of nitrogens with zero attached hydrogens (tertiary/aromatic N) is 1. The molecule has 0 spiro atoms. The highest BCUT2D eigenvalue weighted by molar-refractivity contribution is 7.09. The van der Waals surface area contributed by atoms with Crippen LogP contribution in [0.5, 0.6) is 0 Å². The first-order valence-electron chi connectivity index (χ1n) is 5.36. The van der Waals surface area contributed by atoms with E-state index in [2.05, 4.69) is 36.5 Å². The van der Waals surface area contributed by atoms with Gasteiger partial charge in [0.05, 0.1) is 5.69 Å². The number of methoxy groups -OCH3 is 1. The molecule has 0 aliphatic carbocycles. The summed E-state index contributed by atoms with van der Waals surface area (Å²) in [4.78, 5) is 4.57. The Labute approximate surface area is 95.9 Å². The van der Waals surface area contributed by atoms with Gasteiger partial charge in [-0.25, -0.2) is 4.98 Å². The molecule has 0 aliphatic rings. The SMILES string of the molecule is CCNCc1csc(C(OC)C(C)C)n1. The number of hydrogen-bond donors (Lipinski definition) is 1. The van der Waals surface area contributed by atoms with E-state index in [1.807, 2.05) is 0 Å². The van der Waals surface area contributed by atoms with Crippen LogP contribution in [0.2, 0.25) is 0 Å². The lowest BCUT2D eigenvalue weighted by molar-refractivity contribution is 0.0643. The zero-order chi connectivity index (χ0) is 11.3. The van der Waals surface area contributed by atoms with Crippen molar-refractivity contribution >= 4 is 11.3 Å². The average molecular weight is 228 g/mol. The number of aromatic nitrogens is 1. The maximum atomic E-state index is 5.44. The van der Waals surface area contributed by atoms with Crippen molar-refractivity contribution in [1.82, 2.24) is 10.3 Å². The van der Waals surface area contributed by atoms with E-state index in [1.165, 1.54) is 0 Å². The summed E-state index contributed by atoms with van der Waals surface area (Å²) in [6.45, 7) is 8.23. The molecule has 1 aromatic heterocycles. The Hall–Kier alpha value is -0.450. The van der Waals surface area contributed by atoms with Crippen LogP contribution >= 0.6 is 11.3 Å². The molecule has 0 aliphatic heterocycles. The van der Waals surface area contributed by atoms with Crippen LogP contribution in [0.15, 0.2) is 5.38 Å². The fourth-order valence-corrected chi connectivity index (χ4v) is 2.51. The highest BCUT2D eigenvalue weighted by Gasteiger charge is 2.18. The first-order valence-corrected chi connectivity index (χ1v) is 6.24. The zero-order valence-electron chi connectivity index (χ0n) is 9.91. The Balaban J connectivity index is 2.65. The number of nitrogens with one attached hydrogen (secondary N) is 1. The fraction of sp³-hybridized carbons (Fsp3) is 0.727. The van der Waals surface area contributed by atoms with Crippen LogP contribution in [0.4, 0.5) is 0 Å². The summed E-state index contributed by atoms with van der Waals surface area (Å²) in [6.07, 6.45) is 0.130. The molecule has 3 nitrogen and oxygen atoms in total. The maximum absolute atomic E-state index is 5.44. The van der Waals surface area contributed by atoms with E-state index in [4.69, 9.17) is 4.74 Å². The summed E-state index contributed by atoms with van der Waals surface area (Å²) in [7, 11) is 1.75. The van der Waals surface area contributed by atoms with Crippen molar-refractivity contribution in [3.8, 4) is 0 Å². The van der Waals surface area contributed by atoms with E-state index in [9.17, 15) is 0 Å². The molecule has 0 saturated heterocycles. The largest absolute Gasteiger partial charge is 0.374 e. The average Bonchev–Trinajstić information content (AvgIpc) is 2.64. The van der Waals surface area contributed by atoms with E-state index < -0.39 is 0 Å². The van der Waals surface area contributed by atoms with E-state index in [1.54, 1.807) is 18.4 Å². The number of ether oxygens (including phenoxy) is 1. The van der Waals surface area contributed by atoms with Crippen LogP contribution in [0.1, 0.15) is 37.6 Å². The summed E-state index contributed by atoms with van der Waals surface area (Å²) < 4.78 is 5.44. The lowest BCUT2D eigenvalue weighted by Crippen LogP contribution is -2.13. The molecule has 1 atom stereocenters. The molecule has 0 aromatic carbocycles. The monoisotopic (exact) mass is 228 g/mol. The first kappa shape index (κ1) is 12.6. The molecule has 0 fully saturated rings. The van der Waals surface area contributed by atoms with Gasteiger partial charge >= 0.3 is 0 Å². The topological polar surface area (TPSA) is 34.1 Å². The quantitative estimate of drug-likeness (QED) is 0.812. The number of thiazole rings is 1. The van der Waals surface area contributed by atoms with E-state index >= 15 is 0 Å². The molecule has 1 N–H and O–H groups in total. The van der Waals surface area contributed by atoms with Crippen LogP contribution in [0.3, 0.4) is 0 Å². The first-order chi connectivity index (χ1) is 7.19. The van der Waals surface area contributed by atoms with E-state index in [0.717, 1.165) is 23.8 Å². The van der Waals surface area contributed by atoms with E-state index in [0.29, 0.717) is 5.92 Å². The molecular weight excluding hydrogens is 208 g/mol. The van der Waals surface area contributed by atoms with Crippen LogP contribution < -0.4 is 5.32 Å². The predicted molar refractivity (Wildman–Crippen MR) is 64.1 cm³/mol. The van der Waals surface area contributed by atoms with E-state index in [-0.39, 0.29) is 6.10 Å². The minimum atomic E-state index is 0.130. The standard InChI is InChI=1S/C11H20N2OS/c1-5-12-6-9-7-15-11(13-9)10(14-4)8(2)3/h7-8,10,12H,5-6H2,1-4H3. The zero-order valence-corrected chi connectivity index (χ0v) is 10.7. The molecule has 1 aromatic rings. The van der Waals surface area contributed by atoms with Crippen LogP contribution in [-0.4, -0.2) is 18.6 Å². The molecular formula is C11H20N2OS. The second kappa shape index (κ2) is 6.20. The highest BCUT2D eigenvalue weighted by atomic mass is 32.1. The molecule has 0 radical (unpaired) electrons. The fourth-order valence-electron chi connectivity index (χ4n) is 1.45. The molecule has 0 bridgehead atoms. The molecule has 1 heterocycles. The van der Waals surface area contributed by atoms with Crippen molar-refractivity contribution in [2.24, 2.45) is 5.92 Å². The van der Waals surface area contributed by atoms with Crippen LogP contribution in [0, 0.1) is 5.92 Å². The summed E-state index contributed by atoms with van der Waals surface area (Å²) in [5.74, 6) is 0.466. The predicted octanol–water partition coefficient (Wildman–Crippen LogP) is 2.60. The third kappa shape index (κ3) is 3.55. The van der Waals surface area contributed by atoms with Crippen molar-refractivity contribution in [1.29, 1.82) is 0 Å². The molecule has 4 heteroatoms. The van der Waals surface area contributed by atoms with Crippen molar-refractivity contribution in [2.75, 3.05) is 13.7 Å². The summed E-state index contributed by atoms with van der Waals surface area (Å²) in [6, 6.07) is 0. The molecule has 1 rings (SSSR count). The minimum Gasteiger partial charge on any atom is -0.374 e. The van der Waals surface area contributed by atoms with Gasteiger partial charge in [-0.3, -0.25) is 0 Å². The minimum absolute atomic E-state index is 0.130. The lowest BCUT2D eigenvalue weighted by Gasteiger charge is -2.15. The van der Waals surface area contributed by atoms with Gasteiger partial charge in [-0.1, -0.05) is 20.8 Å². The molecule has 1 unspecified atom stereocenters. The van der Waals surface area contributed by atoms with Crippen molar-refractivity contribution < 1.29 is 4.74 Å². The Morgan fingerprint density at radius 2 is 2.27 bits per heavy atom. The van der Waals surface area contributed by atoms with Gasteiger partial charge in [0.1, 0.15) is 11.1 Å².